The van der Waals surface area contributed by atoms with Crippen molar-refractivity contribution < 1.29 is 9.47 Å². The van der Waals surface area contributed by atoms with Gasteiger partial charge in [0.05, 0.1) is 13.7 Å². The predicted octanol–water partition coefficient (Wildman–Crippen LogP) is 3.86. The molecule has 0 aliphatic carbocycles. The highest BCUT2D eigenvalue weighted by molar-refractivity contribution is 5.46. The minimum Gasteiger partial charge on any atom is -0.493 e. The zero-order chi connectivity index (χ0) is 16.3. The lowest BCUT2D eigenvalue weighted by molar-refractivity contribution is 0.294. The zero-order valence-electron chi connectivity index (χ0n) is 14.2. The van der Waals surface area contributed by atoms with Crippen LogP contribution in [0.25, 0.3) is 0 Å². The zero-order valence-corrected chi connectivity index (χ0v) is 14.2. The Hall–Kier alpha value is -2.00. The molecular weight excluding hydrogens is 286 g/mol. The van der Waals surface area contributed by atoms with E-state index in [0.717, 1.165) is 43.9 Å². The monoisotopic (exact) mass is 313 g/mol. The summed E-state index contributed by atoms with van der Waals surface area (Å²) in [6.45, 7) is 4.83. The molecule has 0 heterocycles. The van der Waals surface area contributed by atoms with Gasteiger partial charge in [0, 0.05) is 6.42 Å². The maximum absolute atomic E-state index is 6.07. The van der Waals surface area contributed by atoms with Crippen LogP contribution < -0.4 is 14.8 Å². The highest BCUT2D eigenvalue weighted by Gasteiger charge is 2.10. The molecule has 0 saturated heterocycles. The molecule has 0 bridgehead atoms. The van der Waals surface area contributed by atoms with Crippen molar-refractivity contribution >= 4 is 0 Å². The fraction of sp³-hybridized carbons (Fsp3) is 0.400. The Balaban J connectivity index is 1.97. The molecule has 23 heavy (non-hydrogen) atoms. The van der Waals surface area contributed by atoms with Crippen molar-refractivity contribution in [2.75, 3.05) is 26.8 Å². The molecule has 2 aromatic carbocycles. The molecular formula is C20H27NO2. The first-order chi connectivity index (χ1) is 11.3. The van der Waals surface area contributed by atoms with Gasteiger partial charge in [0.15, 0.2) is 11.5 Å². The number of ether oxygens (including phenoxy) is 2. The van der Waals surface area contributed by atoms with Gasteiger partial charge in [-0.2, -0.15) is 0 Å². The highest BCUT2D eigenvalue weighted by Crippen LogP contribution is 2.31. The van der Waals surface area contributed by atoms with E-state index in [1.54, 1.807) is 7.11 Å². The van der Waals surface area contributed by atoms with Crippen molar-refractivity contribution in [3.05, 3.63) is 59.7 Å². The van der Waals surface area contributed by atoms with E-state index in [1.165, 1.54) is 11.1 Å². The standard InChI is InChI=1S/C20H27NO2/c1-3-14-21-15-12-18-10-7-11-19(22-2)20(18)23-16-13-17-8-5-4-6-9-17/h4-11,21H,3,12-16H2,1-2H3. The average Bonchev–Trinajstić information content (AvgIpc) is 2.60. The lowest BCUT2D eigenvalue weighted by Crippen LogP contribution is -2.18. The Morgan fingerprint density at radius 2 is 1.74 bits per heavy atom. The Morgan fingerprint density at radius 1 is 0.913 bits per heavy atom. The third-order valence-corrected chi connectivity index (χ3v) is 3.76. The third kappa shape index (κ3) is 5.61. The van der Waals surface area contributed by atoms with Gasteiger partial charge in [-0.3, -0.25) is 0 Å². The predicted molar refractivity (Wildman–Crippen MR) is 95.5 cm³/mol. The van der Waals surface area contributed by atoms with Crippen LogP contribution in [0, 0.1) is 0 Å². The van der Waals surface area contributed by atoms with E-state index >= 15 is 0 Å². The first-order valence-electron chi connectivity index (χ1n) is 8.38. The molecule has 0 radical (unpaired) electrons. The van der Waals surface area contributed by atoms with Crippen molar-refractivity contribution in [1.82, 2.24) is 5.32 Å². The quantitative estimate of drug-likeness (QED) is 0.676. The first-order valence-corrected chi connectivity index (χ1v) is 8.38. The lowest BCUT2D eigenvalue weighted by Gasteiger charge is -2.15. The van der Waals surface area contributed by atoms with Gasteiger partial charge >= 0.3 is 0 Å². The Bertz CT molecular complexity index is 569. The van der Waals surface area contributed by atoms with Crippen molar-refractivity contribution in [3.8, 4) is 11.5 Å². The van der Waals surface area contributed by atoms with E-state index in [4.69, 9.17) is 9.47 Å². The summed E-state index contributed by atoms with van der Waals surface area (Å²) in [5, 5.41) is 3.43. The molecule has 3 heteroatoms. The van der Waals surface area contributed by atoms with E-state index in [2.05, 4.69) is 42.6 Å². The van der Waals surface area contributed by atoms with Crippen LogP contribution in [0.4, 0.5) is 0 Å². The van der Waals surface area contributed by atoms with Gasteiger partial charge in [0.2, 0.25) is 0 Å². The molecule has 0 amide bonds. The summed E-state index contributed by atoms with van der Waals surface area (Å²) in [4.78, 5) is 0. The average molecular weight is 313 g/mol. The van der Waals surface area contributed by atoms with Crippen molar-refractivity contribution in [2.24, 2.45) is 0 Å². The van der Waals surface area contributed by atoms with Gasteiger partial charge in [-0.15, -0.1) is 0 Å². The van der Waals surface area contributed by atoms with E-state index in [-0.39, 0.29) is 0 Å². The fourth-order valence-corrected chi connectivity index (χ4v) is 2.52. The molecule has 0 saturated carbocycles. The van der Waals surface area contributed by atoms with Crippen molar-refractivity contribution in [2.45, 2.75) is 26.2 Å². The number of benzene rings is 2. The maximum atomic E-state index is 6.07. The molecule has 0 aliphatic heterocycles. The summed E-state index contributed by atoms with van der Waals surface area (Å²) < 4.78 is 11.5. The van der Waals surface area contributed by atoms with Crippen LogP contribution in [0.1, 0.15) is 24.5 Å². The Kier molecular flexibility index (Phi) is 7.47. The maximum Gasteiger partial charge on any atom is 0.164 e. The number of hydrogen-bond donors (Lipinski definition) is 1. The van der Waals surface area contributed by atoms with Crippen molar-refractivity contribution in [1.29, 1.82) is 0 Å². The summed E-state index contributed by atoms with van der Waals surface area (Å²) in [7, 11) is 1.69. The molecule has 0 aliphatic rings. The normalized spacial score (nSPS) is 10.5. The number of methoxy groups -OCH3 is 1. The largest absolute Gasteiger partial charge is 0.493 e. The van der Waals surface area contributed by atoms with Crippen molar-refractivity contribution in [3.63, 3.8) is 0 Å². The summed E-state index contributed by atoms with van der Waals surface area (Å²) in [6, 6.07) is 16.5. The number of rotatable bonds is 10. The van der Waals surface area contributed by atoms with Gasteiger partial charge in [-0.1, -0.05) is 49.4 Å². The molecule has 3 nitrogen and oxygen atoms in total. The van der Waals surface area contributed by atoms with Crippen LogP contribution in [0.2, 0.25) is 0 Å². The fourth-order valence-electron chi connectivity index (χ4n) is 2.52. The minimum atomic E-state index is 0.653. The molecule has 1 N–H and O–H groups in total. The van der Waals surface area contributed by atoms with Crippen LogP contribution in [0.5, 0.6) is 11.5 Å². The topological polar surface area (TPSA) is 30.5 Å². The Morgan fingerprint density at radius 3 is 2.48 bits per heavy atom. The lowest BCUT2D eigenvalue weighted by atomic mass is 10.1. The van der Waals surface area contributed by atoms with E-state index in [0.29, 0.717) is 6.61 Å². The summed E-state index contributed by atoms with van der Waals surface area (Å²) in [5.74, 6) is 1.69. The SMILES string of the molecule is CCCNCCc1cccc(OC)c1OCCc1ccccc1. The van der Waals surface area contributed by atoms with Gasteiger partial charge in [-0.25, -0.2) is 0 Å². The minimum absolute atomic E-state index is 0.653. The molecule has 0 fully saturated rings. The van der Waals surface area contributed by atoms with E-state index in [9.17, 15) is 0 Å². The summed E-state index contributed by atoms with van der Waals surface area (Å²) in [5.41, 5.74) is 2.48. The number of para-hydroxylation sites is 1. The number of nitrogens with one attached hydrogen (secondary N) is 1. The van der Waals surface area contributed by atoms with Gasteiger partial charge in [0.1, 0.15) is 0 Å². The molecule has 0 aromatic heterocycles. The van der Waals surface area contributed by atoms with Crippen LogP contribution in [-0.2, 0) is 12.8 Å². The molecule has 2 aromatic rings. The highest BCUT2D eigenvalue weighted by atomic mass is 16.5. The van der Waals surface area contributed by atoms with E-state index in [1.807, 2.05) is 18.2 Å². The van der Waals surface area contributed by atoms with E-state index < -0.39 is 0 Å². The summed E-state index contributed by atoms with van der Waals surface area (Å²) >= 11 is 0. The van der Waals surface area contributed by atoms with Crippen LogP contribution in [-0.4, -0.2) is 26.8 Å². The third-order valence-electron chi connectivity index (χ3n) is 3.76. The first kappa shape index (κ1) is 17.4. The van der Waals surface area contributed by atoms with Crippen LogP contribution >= 0.6 is 0 Å². The Labute approximate surface area is 139 Å². The second kappa shape index (κ2) is 9.90. The molecule has 124 valence electrons. The molecule has 0 spiro atoms. The van der Waals surface area contributed by atoms with Crippen LogP contribution in [0.15, 0.2) is 48.5 Å². The summed E-state index contributed by atoms with van der Waals surface area (Å²) in [6.07, 6.45) is 2.99. The molecule has 0 atom stereocenters. The van der Waals surface area contributed by atoms with Gasteiger partial charge < -0.3 is 14.8 Å². The molecule has 2 rings (SSSR count). The van der Waals surface area contributed by atoms with Gasteiger partial charge in [0.25, 0.3) is 0 Å². The van der Waals surface area contributed by atoms with Crippen LogP contribution in [0.3, 0.4) is 0 Å². The second-order valence-electron chi connectivity index (χ2n) is 5.53. The molecule has 0 unspecified atom stereocenters. The smallest absolute Gasteiger partial charge is 0.164 e. The number of hydrogen-bond acceptors (Lipinski definition) is 3. The second-order valence-corrected chi connectivity index (χ2v) is 5.53. The van der Waals surface area contributed by atoms with Gasteiger partial charge in [-0.05, 0) is 43.1 Å².